The van der Waals surface area contributed by atoms with Crippen molar-refractivity contribution in [2.45, 2.75) is 52.0 Å². The summed E-state index contributed by atoms with van der Waals surface area (Å²) in [5.74, 6) is 0. The number of rotatable bonds is 2. The number of ether oxygens (including phenoxy) is 2. The lowest BCUT2D eigenvalue weighted by atomic mass is 10.1. The molecule has 1 fully saturated rings. The molecule has 0 radical (unpaired) electrons. The summed E-state index contributed by atoms with van der Waals surface area (Å²) in [5.41, 5.74) is -0.185. The molecule has 1 aromatic carbocycles. The van der Waals surface area contributed by atoms with E-state index in [1.165, 1.54) is 0 Å². The number of benzene rings is 1. The fourth-order valence-corrected chi connectivity index (χ4v) is 3.05. The van der Waals surface area contributed by atoms with Crippen molar-refractivity contribution in [3.63, 3.8) is 0 Å². The van der Waals surface area contributed by atoms with Crippen molar-refractivity contribution in [3.05, 3.63) is 42.0 Å². The van der Waals surface area contributed by atoms with Gasteiger partial charge in [-0.3, -0.25) is 4.90 Å². The van der Waals surface area contributed by atoms with Crippen LogP contribution in [-0.4, -0.2) is 35.0 Å². The standard InChI is InChI=1S/C18H24BrNO3/c1-17(2,3)23-16(21)20-14(12-22-18(20,4)5)11-15(19)13-9-7-6-8-10-13/h6-11,14H,12H2,1-5H3. The predicted molar refractivity (Wildman–Crippen MR) is 95.2 cm³/mol. The highest BCUT2D eigenvalue weighted by molar-refractivity contribution is 9.15. The largest absolute Gasteiger partial charge is 0.444 e. The fourth-order valence-electron chi connectivity index (χ4n) is 2.48. The van der Waals surface area contributed by atoms with E-state index >= 15 is 0 Å². The number of hydrogen-bond acceptors (Lipinski definition) is 3. The van der Waals surface area contributed by atoms with Crippen molar-refractivity contribution in [3.8, 4) is 0 Å². The molecule has 23 heavy (non-hydrogen) atoms. The summed E-state index contributed by atoms with van der Waals surface area (Å²) in [6, 6.07) is 9.77. The summed E-state index contributed by atoms with van der Waals surface area (Å²) in [6.07, 6.45) is 1.63. The molecule has 1 saturated heterocycles. The normalized spacial score (nSPS) is 21.4. The summed E-state index contributed by atoms with van der Waals surface area (Å²) < 4.78 is 12.3. The van der Waals surface area contributed by atoms with Gasteiger partial charge in [0.1, 0.15) is 11.3 Å². The highest BCUT2D eigenvalue weighted by atomic mass is 79.9. The van der Waals surface area contributed by atoms with E-state index in [4.69, 9.17) is 9.47 Å². The third-order valence-electron chi connectivity index (χ3n) is 3.50. The Hall–Kier alpha value is -1.33. The first kappa shape index (κ1) is 18.0. The molecule has 1 aliphatic heterocycles. The van der Waals surface area contributed by atoms with Crippen LogP contribution in [0.4, 0.5) is 4.79 Å². The highest BCUT2D eigenvalue weighted by Gasteiger charge is 2.44. The van der Waals surface area contributed by atoms with Gasteiger partial charge in [-0.1, -0.05) is 46.3 Å². The summed E-state index contributed by atoms with van der Waals surface area (Å²) in [6.45, 7) is 9.77. The second-order valence-electron chi connectivity index (χ2n) is 7.06. The van der Waals surface area contributed by atoms with Gasteiger partial charge in [-0.25, -0.2) is 4.79 Å². The minimum absolute atomic E-state index is 0.186. The molecular formula is C18H24BrNO3. The predicted octanol–water partition coefficient (Wildman–Crippen LogP) is 4.79. The second kappa shape index (κ2) is 6.65. The summed E-state index contributed by atoms with van der Waals surface area (Å²) in [4.78, 5) is 14.2. The van der Waals surface area contributed by atoms with Crippen LogP contribution in [0, 0.1) is 0 Å². The van der Waals surface area contributed by atoms with Crippen LogP contribution in [0.3, 0.4) is 0 Å². The second-order valence-corrected chi connectivity index (χ2v) is 7.91. The SMILES string of the molecule is CC(C)(C)OC(=O)N1C(C=C(Br)c2ccccc2)COC1(C)C. The Bertz CT molecular complexity index is 590. The van der Waals surface area contributed by atoms with Gasteiger partial charge in [0.2, 0.25) is 0 Å². The zero-order valence-electron chi connectivity index (χ0n) is 14.3. The third-order valence-corrected chi connectivity index (χ3v) is 4.22. The first-order chi connectivity index (χ1) is 10.6. The Morgan fingerprint density at radius 1 is 1.35 bits per heavy atom. The minimum Gasteiger partial charge on any atom is -0.444 e. The highest BCUT2D eigenvalue weighted by Crippen LogP contribution is 2.32. The third kappa shape index (κ3) is 4.58. The van der Waals surface area contributed by atoms with E-state index in [9.17, 15) is 4.79 Å². The van der Waals surface area contributed by atoms with Crippen LogP contribution in [0.25, 0.3) is 4.48 Å². The molecule has 0 aliphatic carbocycles. The maximum atomic E-state index is 12.6. The van der Waals surface area contributed by atoms with Gasteiger partial charge in [-0.2, -0.15) is 0 Å². The average Bonchev–Trinajstić information content (AvgIpc) is 2.72. The van der Waals surface area contributed by atoms with Crippen LogP contribution in [0.1, 0.15) is 40.2 Å². The molecule has 2 rings (SSSR count). The Balaban J connectivity index is 2.25. The number of halogens is 1. The first-order valence-corrected chi connectivity index (χ1v) is 8.48. The van der Waals surface area contributed by atoms with Crippen LogP contribution >= 0.6 is 15.9 Å². The number of hydrogen-bond donors (Lipinski definition) is 0. The summed E-state index contributed by atoms with van der Waals surface area (Å²) in [5, 5.41) is 0. The van der Waals surface area contributed by atoms with Crippen molar-refractivity contribution in [2.75, 3.05) is 6.61 Å². The molecule has 5 heteroatoms. The van der Waals surface area contributed by atoms with Crippen LogP contribution < -0.4 is 0 Å². The van der Waals surface area contributed by atoms with E-state index in [0.717, 1.165) is 10.0 Å². The van der Waals surface area contributed by atoms with Crippen molar-refractivity contribution in [1.82, 2.24) is 4.90 Å². The van der Waals surface area contributed by atoms with Crippen LogP contribution in [0.15, 0.2) is 36.4 Å². The number of carbonyl (C=O) groups excluding carboxylic acids is 1. The molecule has 1 amide bonds. The molecule has 0 N–H and O–H groups in total. The van der Waals surface area contributed by atoms with Crippen molar-refractivity contribution >= 4 is 26.5 Å². The lowest BCUT2D eigenvalue weighted by molar-refractivity contribution is -0.0610. The number of nitrogens with zero attached hydrogens (tertiary/aromatic N) is 1. The van der Waals surface area contributed by atoms with Gasteiger partial charge in [-0.15, -0.1) is 0 Å². The van der Waals surface area contributed by atoms with Gasteiger partial charge in [0, 0.05) is 4.48 Å². The molecule has 1 heterocycles. The Morgan fingerprint density at radius 3 is 2.52 bits per heavy atom. The summed E-state index contributed by atoms with van der Waals surface area (Å²) in [7, 11) is 0. The summed E-state index contributed by atoms with van der Waals surface area (Å²) >= 11 is 3.60. The van der Waals surface area contributed by atoms with E-state index < -0.39 is 11.3 Å². The molecule has 4 nitrogen and oxygen atoms in total. The molecule has 0 saturated carbocycles. The van der Waals surface area contributed by atoms with Crippen molar-refractivity contribution in [1.29, 1.82) is 0 Å². The Kier molecular flexibility index (Phi) is 5.21. The smallest absolute Gasteiger partial charge is 0.413 e. The molecule has 1 unspecified atom stereocenters. The zero-order valence-corrected chi connectivity index (χ0v) is 15.9. The van der Waals surface area contributed by atoms with E-state index in [-0.39, 0.29) is 12.1 Å². The van der Waals surface area contributed by atoms with E-state index in [2.05, 4.69) is 15.9 Å². The minimum atomic E-state index is -0.701. The molecule has 0 aromatic heterocycles. The van der Waals surface area contributed by atoms with Crippen molar-refractivity contribution < 1.29 is 14.3 Å². The zero-order chi connectivity index (χ0) is 17.3. The van der Waals surface area contributed by atoms with Gasteiger partial charge < -0.3 is 9.47 Å². The molecule has 1 aliphatic rings. The molecule has 0 bridgehead atoms. The molecule has 126 valence electrons. The van der Waals surface area contributed by atoms with Crippen LogP contribution in [0.5, 0.6) is 0 Å². The number of carbonyl (C=O) groups is 1. The fraction of sp³-hybridized carbons (Fsp3) is 0.500. The first-order valence-electron chi connectivity index (χ1n) is 7.69. The molecule has 1 atom stereocenters. The van der Waals surface area contributed by atoms with E-state index in [0.29, 0.717) is 6.61 Å². The van der Waals surface area contributed by atoms with Gasteiger partial charge in [0.25, 0.3) is 0 Å². The quantitative estimate of drug-likeness (QED) is 0.738. The van der Waals surface area contributed by atoms with E-state index in [1.807, 2.05) is 71.0 Å². The monoisotopic (exact) mass is 381 g/mol. The maximum absolute atomic E-state index is 12.6. The van der Waals surface area contributed by atoms with Crippen molar-refractivity contribution in [2.24, 2.45) is 0 Å². The lowest BCUT2D eigenvalue weighted by Gasteiger charge is -2.34. The Labute approximate surface area is 146 Å². The molecular weight excluding hydrogens is 358 g/mol. The van der Waals surface area contributed by atoms with Gasteiger partial charge in [0.05, 0.1) is 12.6 Å². The number of amides is 1. The topological polar surface area (TPSA) is 38.8 Å². The van der Waals surface area contributed by atoms with Gasteiger partial charge in [-0.05, 0) is 46.3 Å². The lowest BCUT2D eigenvalue weighted by Crippen LogP contribution is -2.49. The van der Waals surface area contributed by atoms with E-state index in [1.54, 1.807) is 4.90 Å². The van der Waals surface area contributed by atoms with Gasteiger partial charge in [0.15, 0.2) is 0 Å². The average molecular weight is 382 g/mol. The maximum Gasteiger partial charge on any atom is 0.413 e. The van der Waals surface area contributed by atoms with Crippen LogP contribution in [0.2, 0.25) is 0 Å². The molecule has 0 spiro atoms. The molecule has 1 aromatic rings. The van der Waals surface area contributed by atoms with Crippen LogP contribution in [-0.2, 0) is 9.47 Å². The Morgan fingerprint density at radius 2 is 1.96 bits per heavy atom. The van der Waals surface area contributed by atoms with Gasteiger partial charge >= 0.3 is 6.09 Å².